The van der Waals surface area contributed by atoms with Gasteiger partial charge in [-0.05, 0) is 188 Å². The SMILES string of the molecule is [C-]#[N+]c1cc(Cl)cc2c1C[C@H](N1CCC[C@@H](N(C)C)C1)[C@H]2Oc1ccc(S(=O)(=O)NCCOCCOCCCC(=O)CCCCCNC(=O)NCCOCCOCCCS(=O)(=O)c2ccc(O[C@H]3c4cc(Cl)cc(C#N)c4C[C@@H]3N3CCC[C@@H](N(C)C)C3)c(F)c2)cc1F. The first-order valence-corrected chi connectivity index (χ1v) is 36.3. The summed E-state index contributed by atoms with van der Waals surface area (Å²) in [7, 11) is 0.272. The number of sulfone groups is 1. The van der Waals surface area contributed by atoms with Crippen molar-refractivity contribution in [2.75, 3.05) is 133 Å². The highest BCUT2D eigenvalue weighted by Crippen LogP contribution is 2.46. The van der Waals surface area contributed by atoms with Gasteiger partial charge in [-0.15, -0.1) is 0 Å². The maximum absolute atomic E-state index is 15.8. The lowest BCUT2D eigenvalue weighted by atomic mass is 10.0. The Balaban J connectivity index is 0.605. The lowest BCUT2D eigenvalue weighted by Gasteiger charge is -2.41. The van der Waals surface area contributed by atoms with Crippen molar-refractivity contribution in [3.05, 3.63) is 122 Å². The van der Waals surface area contributed by atoms with Gasteiger partial charge in [-0.3, -0.25) is 14.6 Å². The van der Waals surface area contributed by atoms with Crippen LogP contribution in [0.4, 0.5) is 19.3 Å². The fourth-order valence-corrected chi connectivity index (χ4v) is 15.5. The molecule has 8 rings (SSSR count). The molecule has 4 aromatic rings. The smallest absolute Gasteiger partial charge is 0.314 e. The molecular formula is C67H89Cl2F2N9O12S2. The molecule has 0 aromatic heterocycles. The maximum Gasteiger partial charge on any atom is 0.314 e. The molecule has 6 atom stereocenters. The predicted molar refractivity (Wildman–Crippen MR) is 354 cm³/mol. The number of unbranched alkanes of at least 4 members (excludes halogenated alkanes) is 2. The first kappa shape index (κ1) is 74.2. The van der Waals surface area contributed by atoms with Crippen LogP contribution in [0.15, 0.2) is 70.5 Å². The van der Waals surface area contributed by atoms with Crippen LogP contribution in [0.5, 0.6) is 11.5 Å². The number of ketones is 1. The highest BCUT2D eigenvalue weighted by molar-refractivity contribution is 7.91. The Labute approximate surface area is 562 Å². The number of carbonyl (C=O) groups excluding carboxylic acids is 2. The zero-order valence-corrected chi connectivity index (χ0v) is 57.3. The van der Waals surface area contributed by atoms with Crippen molar-refractivity contribution in [1.82, 2.24) is 35.0 Å². The third kappa shape index (κ3) is 20.9. The molecule has 0 spiro atoms. The number of Topliss-reactive ketones (excluding diaryl/α,β-unsaturated/α-hetero) is 1. The minimum atomic E-state index is -4.09. The van der Waals surface area contributed by atoms with E-state index in [9.17, 15) is 31.7 Å². The summed E-state index contributed by atoms with van der Waals surface area (Å²) in [5, 5.41) is 16.2. The van der Waals surface area contributed by atoms with Crippen molar-refractivity contribution in [3.63, 3.8) is 0 Å². The Morgan fingerprint density at radius 1 is 0.649 bits per heavy atom. The summed E-state index contributed by atoms with van der Waals surface area (Å²) in [5.74, 6) is -1.97. The normalized spacial score (nSPS) is 20.0. The Morgan fingerprint density at radius 3 is 1.76 bits per heavy atom. The molecule has 2 saturated heterocycles. The molecule has 3 N–H and O–H groups in total. The van der Waals surface area contributed by atoms with E-state index in [0.717, 1.165) is 92.7 Å². The van der Waals surface area contributed by atoms with E-state index in [1.807, 2.05) is 0 Å². The number of urea groups is 1. The number of nitriles is 1. The first-order valence-electron chi connectivity index (χ1n) is 32.4. The molecule has 2 amide bonds. The van der Waals surface area contributed by atoms with Crippen LogP contribution in [0.2, 0.25) is 10.0 Å². The summed E-state index contributed by atoms with van der Waals surface area (Å²) >= 11 is 12.9. The van der Waals surface area contributed by atoms with Crippen LogP contribution in [0.25, 0.3) is 4.85 Å². The van der Waals surface area contributed by atoms with Gasteiger partial charge in [0.2, 0.25) is 10.0 Å². The number of fused-ring (bicyclic) bond motifs is 2. The monoisotopic (exact) mass is 1380 g/mol. The van der Waals surface area contributed by atoms with E-state index in [2.05, 4.69) is 74.1 Å². The number of rotatable bonds is 37. The molecule has 2 aliphatic heterocycles. The Kier molecular flexibility index (Phi) is 28.5. The van der Waals surface area contributed by atoms with Crippen LogP contribution < -0.4 is 24.8 Å². The average Bonchev–Trinajstić information content (AvgIpc) is 1.47. The van der Waals surface area contributed by atoms with E-state index in [-0.39, 0.29) is 117 Å². The van der Waals surface area contributed by atoms with Gasteiger partial charge in [-0.25, -0.2) is 40.0 Å². The highest BCUT2D eigenvalue weighted by Gasteiger charge is 2.44. The van der Waals surface area contributed by atoms with E-state index < -0.39 is 43.7 Å². The lowest BCUT2D eigenvalue weighted by Crippen LogP contribution is -2.51. The molecular weight excluding hydrogens is 1300 g/mol. The molecule has 2 heterocycles. The van der Waals surface area contributed by atoms with E-state index in [4.69, 9.17) is 58.2 Å². The number of piperidine rings is 2. The van der Waals surface area contributed by atoms with Gasteiger partial charge < -0.3 is 48.9 Å². The zero-order valence-electron chi connectivity index (χ0n) is 54.2. The van der Waals surface area contributed by atoms with Crippen LogP contribution in [-0.2, 0) is 56.4 Å². The molecule has 514 valence electrons. The Morgan fingerprint density at radius 2 is 1.17 bits per heavy atom. The summed E-state index contributed by atoms with van der Waals surface area (Å²) in [6.07, 6.45) is 7.56. The second-order valence-electron chi connectivity index (χ2n) is 24.7. The molecule has 2 aliphatic carbocycles. The zero-order chi connectivity index (χ0) is 67.4. The Hall–Kier alpha value is -5.62. The van der Waals surface area contributed by atoms with Gasteiger partial charge in [0, 0.05) is 80.9 Å². The second-order valence-corrected chi connectivity index (χ2v) is 29.5. The maximum atomic E-state index is 15.8. The fourth-order valence-electron chi connectivity index (χ4n) is 12.7. The number of hydrogen-bond acceptors (Lipinski definition) is 17. The van der Waals surface area contributed by atoms with E-state index in [1.165, 1.54) is 24.3 Å². The molecule has 0 bridgehead atoms. The molecule has 94 heavy (non-hydrogen) atoms. The molecule has 0 radical (unpaired) electrons. The first-order chi connectivity index (χ1) is 45.2. The van der Waals surface area contributed by atoms with Crippen molar-refractivity contribution in [3.8, 4) is 17.6 Å². The number of likely N-dealkylation sites (N-methyl/N-ethyl adjacent to an activating group) is 2. The average molecular weight is 1390 g/mol. The summed E-state index contributed by atoms with van der Waals surface area (Å²) in [6, 6.07) is 16.3. The number of halogens is 4. The van der Waals surface area contributed by atoms with Crippen molar-refractivity contribution >= 4 is 60.6 Å². The summed E-state index contributed by atoms with van der Waals surface area (Å²) in [5.41, 5.74) is 4.01. The van der Waals surface area contributed by atoms with Gasteiger partial charge >= 0.3 is 6.03 Å². The lowest BCUT2D eigenvalue weighted by molar-refractivity contribution is -0.119. The van der Waals surface area contributed by atoms with Gasteiger partial charge in [0.15, 0.2) is 38.7 Å². The number of hydrogen-bond donors (Lipinski definition) is 3. The standard InChI is InChI=1S/C67H89Cl2F2N9O12S2/c1-73-60-38-48(69)37-57-55(60)42-62(80-25-10-14-50(45-80)78(4)5)66(57)92-64-20-18-53(40-59(64)71)94(85,86)76-23-29-90-33-30-87-26-11-16-51(81)15-7-6-8-21-74-67(82)75-22-28-89-32-31-88-27-12-34-93(83,84)52-17-19-63(58(70)39-52)91-65-56-36-47(68)35-46(43-72)54(56)41-61(65)79-24-9-13-49(44-79)77(2)3/h17-20,35-40,49-50,61-62,65-66,76H,6-16,21-34,41-42,44-45H2,2-5H3,(H2,74,75,82)/t49-,50-,61+,62+,65+,66+/m1/s1. The minimum absolute atomic E-state index is 0.0499. The number of ether oxygens (including phenoxy) is 6. The number of amides is 2. The van der Waals surface area contributed by atoms with Gasteiger partial charge in [0.05, 0.1) is 85.5 Å². The number of sulfonamides is 1. The van der Waals surface area contributed by atoms with Gasteiger partial charge in [0.25, 0.3) is 0 Å². The summed E-state index contributed by atoms with van der Waals surface area (Å²) in [6.45, 7) is 13.3. The largest absolute Gasteiger partial charge is 0.481 e. The van der Waals surface area contributed by atoms with Crippen LogP contribution in [0.3, 0.4) is 0 Å². The van der Waals surface area contributed by atoms with Crippen molar-refractivity contribution < 1.29 is 63.6 Å². The van der Waals surface area contributed by atoms with Crippen molar-refractivity contribution in [1.29, 1.82) is 5.26 Å². The van der Waals surface area contributed by atoms with Crippen LogP contribution in [0.1, 0.15) is 111 Å². The van der Waals surface area contributed by atoms with Crippen molar-refractivity contribution in [2.45, 2.75) is 130 Å². The third-order valence-electron chi connectivity index (χ3n) is 17.8. The molecule has 2 fully saturated rings. The highest BCUT2D eigenvalue weighted by atomic mass is 35.5. The second kappa shape index (κ2) is 36.1. The molecule has 21 nitrogen and oxygen atoms in total. The number of nitrogens with one attached hydrogen (secondary N) is 3. The molecule has 4 aromatic carbocycles. The molecule has 4 aliphatic rings. The van der Waals surface area contributed by atoms with Crippen molar-refractivity contribution in [2.24, 2.45) is 0 Å². The number of benzene rings is 4. The third-order valence-corrected chi connectivity index (χ3v) is 21.5. The molecule has 0 unspecified atom stereocenters. The topological polar surface area (TPSA) is 235 Å². The number of nitrogens with zero attached hydrogens (tertiary/aromatic N) is 6. The van der Waals surface area contributed by atoms with Crippen LogP contribution in [0, 0.1) is 29.5 Å². The van der Waals surface area contributed by atoms with Gasteiger partial charge in [-0.1, -0.05) is 29.6 Å². The predicted octanol–water partition coefficient (Wildman–Crippen LogP) is 9.25. The molecule has 27 heteroatoms. The quantitative estimate of drug-likeness (QED) is 0.0282. The van der Waals surface area contributed by atoms with Gasteiger partial charge in [0.1, 0.15) is 18.0 Å². The minimum Gasteiger partial charge on any atom is -0.481 e. The van der Waals surface area contributed by atoms with E-state index in [1.54, 1.807) is 24.3 Å². The van der Waals surface area contributed by atoms with Crippen LogP contribution in [-0.4, -0.2) is 205 Å². The summed E-state index contributed by atoms with van der Waals surface area (Å²) in [4.78, 5) is 37.0. The fraction of sp³-hybridized carbons (Fsp3) is 0.582. The van der Waals surface area contributed by atoms with E-state index >= 15 is 8.78 Å². The van der Waals surface area contributed by atoms with E-state index in [0.29, 0.717) is 91.5 Å². The summed E-state index contributed by atoms with van der Waals surface area (Å²) < 4.78 is 122. The number of carbonyl (C=O) groups is 2. The Bertz CT molecular complexity index is 3300. The number of likely N-dealkylation sites (tertiary alicyclic amines) is 2. The molecule has 0 saturated carbocycles. The van der Waals surface area contributed by atoms with Gasteiger partial charge in [-0.2, -0.15) is 5.26 Å². The van der Waals surface area contributed by atoms with Crippen LogP contribution >= 0.6 is 23.2 Å².